The average Bonchev–Trinajstić information content (AvgIpc) is 2.12. The van der Waals surface area contributed by atoms with Gasteiger partial charge in [0.2, 0.25) is 0 Å². The van der Waals surface area contributed by atoms with Gasteiger partial charge in [0.15, 0.2) is 0 Å². The van der Waals surface area contributed by atoms with E-state index in [1.54, 1.807) is 0 Å². The monoisotopic (exact) mass is 225 g/mol. The number of allylic oxidation sites excluding steroid dienone is 4. The number of rotatable bonds is 0. The summed E-state index contributed by atoms with van der Waals surface area (Å²) in [4.78, 5) is 0. The Morgan fingerprint density at radius 3 is 1.64 bits per heavy atom. The number of hydrogen-bond donors (Lipinski definition) is 0. The van der Waals surface area contributed by atoms with Gasteiger partial charge in [-0.25, -0.2) is 0 Å². The summed E-state index contributed by atoms with van der Waals surface area (Å²) in [5.41, 5.74) is 2.78. The summed E-state index contributed by atoms with van der Waals surface area (Å²) in [6, 6.07) is 0. The van der Waals surface area contributed by atoms with Gasteiger partial charge in [0, 0.05) is 5.92 Å². The van der Waals surface area contributed by atoms with E-state index in [0.29, 0.717) is 0 Å². The molecule has 0 amide bonds. The van der Waals surface area contributed by atoms with Crippen LogP contribution in [0.15, 0.2) is 23.3 Å². The van der Waals surface area contributed by atoms with Gasteiger partial charge in [0.05, 0.1) is 0 Å². The van der Waals surface area contributed by atoms with Crippen LogP contribution in [0.25, 0.3) is 0 Å². The fourth-order valence-corrected chi connectivity index (χ4v) is 0.952. The van der Waals surface area contributed by atoms with Gasteiger partial charge in [-0.3, -0.25) is 0 Å². The molecule has 0 fully saturated rings. The van der Waals surface area contributed by atoms with Gasteiger partial charge in [-0.05, 0) is 13.8 Å². The third-order valence-electron chi connectivity index (χ3n) is 1.51. The Balaban J connectivity index is 0.000000292. The van der Waals surface area contributed by atoms with Crippen molar-refractivity contribution in [2.24, 2.45) is 0 Å². The predicted octanol–water partition coefficient (Wildman–Crippen LogP) is 3.86. The van der Waals surface area contributed by atoms with Crippen molar-refractivity contribution in [2.45, 2.75) is 20.8 Å². The average molecular weight is 226 g/mol. The van der Waals surface area contributed by atoms with Gasteiger partial charge in [0.25, 0.3) is 0 Å². The van der Waals surface area contributed by atoms with Crippen molar-refractivity contribution in [1.29, 1.82) is 0 Å². The van der Waals surface area contributed by atoms with Crippen molar-refractivity contribution in [3.05, 3.63) is 29.2 Å². The van der Waals surface area contributed by atoms with Crippen LogP contribution in [-0.2, 0) is 17.0 Å². The van der Waals surface area contributed by atoms with Gasteiger partial charge in [-0.2, -0.15) is 0 Å². The van der Waals surface area contributed by atoms with Crippen molar-refractivity contribution in [3.8, 4) is 0 Å². The molecule has 0 atom stereocenters. The molecule has 0 aromatic carbocycles. The van der Waals surface area contributed by atoms with Gasteiger partial charge in [0.1, 0.15) is 0 Å². The van der Waals surface area contributed by atoms with E-state index < -0.39 is 17.0 Å². The first-order valence-electron chi connectivity index (χ1n) is 3.28. The normalized spacial score (nSPS) is 16.5. The molecular weight excluding hydrogens is 215 g/mol. The topological polar surface area (TPSA) is 0 Å². The molecule has 61 valence electrons. The van der Waals surface area contributed by atoms with Crippen LogP contribution in [0.2, 0.25) is 0 Å². The van der Waals surface area contributed by atoms with Crippen LogP contribution in [0, 0.1) is 5.92 Å². The third kappa shape index (κ3) is 5.08. The van der Waals surface area contributed by atoms with Crippen molar-refractivity contribution in [1.82, 2.24) is 0 Å². The first-order chi connectivity index (χ1) is 5.11. The van der Waals surface area contributed by atoms with Crippen LogP contribution >= 0.6 is 18.6 Å². The van der Waals surface area contributed by atoms with E-state index in [1.165, 1.54) is 17.1 Å². The van der Waals surface area contributed by atoms with Crippen molar-refractivity contribution < 1.29 is 17.0 Å². The Bertz CT molecular complexity index is 173. The molecule has 0 nitrogen and oxygen atoms in total. The first kappa shape index (κ1) is 11.8. The SMILES string of the molecule is C[C]1C=C(C)C=C1C.[Cl][Ti][Cl]. The van der Waals surface area contributed by atoms with Crippen molar-refractivity contribution in [2.75, 3.05) is 0 Å². The van der Waals surface area contributed by atoms with E-state index in [9.17, 15) is 0 Å². The Kier molecular flexibility index (Phi) is 6.75. The molecule has 0 saturated carbocycles. The minimum absolute atomic E-state index is 0.556. The number of halogens is 2. The van der Waals surface area contributed by atoms with Crippen LogP contribution in [0.5, 0.6) is 0 Å². The zero-order valence-corrected chi connectivity index (χ0v) is 9.98. The van der Waals surface area contributed by atoms with Gasteiger partial charge < -0.3 is 0 Å². The molecule has 1 aliphatic rings. The van der Waals surface area contributed by atoms with E-state index in [4.69, 9.17) is 18.6 Å². The van der Waals surface area contributed by atoms with Gasteiger partial charge >= 0.3 is 35.6 Å². The van der Waals surface area contributed by atoms with E-state index in [1.807, 2.05) is 0 Å². The quantitative estimate of drug-likeness (QED) is 0.550. The Morgan fingerprint density at radius 2 is 1.55 bits per heavy atom. The van der Waals surface area contributed by atoms with Gasteiger partial charge in [-0.15, -0.1) is 0 Å². The predicted molar refractivity (Wildman–Crippen MR) is 48.1 cm³/mol. The molecule has 3 heteroatoms. The van der Waals surface area contributed by atoms with E-state index >= 15 is 0 Å². The molecule has 1 aliphatic carbocycles. The zero-order valence-electron chi connectivity index (χ0n) is 6.91. The standard InChI is InChI=1S/C8H11.2ClH.Ti/c1-6-4-7(2)8(3)5-6;;;/h4-5H,1-3H3;2*1H;/q;;;+2/p-2. The molecule has 0 aromatic heterocycles. The fourth-order valence-electron chi connectivity index (χ4n) is 0.952. The summed E-state index contributed by atoms with van der Waals surface area (Å²) in [6.07, 6.45) is 4.41. The molecule has 0 aromatic rings. The second-order valence-electron chi connectivity index (χ2n) is 2.47. The van der Waals surface area contributed by atoms with Crippen LogP contribution in [0.4, 0.5) is 0 Å². The number of hydrogen-bond acceptors (Lipinski definition) is 0. The van der Waals surface area contributed by atoms with Crippen LogP contribution in [-0.4, -0.2) is 0 Å². The fraction of sp³-hybridized carbons (Fsp3) is 0.375. The Labute approximate surface area is 85.3 Å². The van der Waals surface area contributed by atoms with E-state index in [0.717, 1.165) is 0 Å². The summed E-state index contributed by atoms with van der Waals surface area (Å²) in [5.74, 6) is 1.41. The summed E-state index contributed by atoms with van der Waals surface area (Å²) < 4.78 is 0. The zero-order chi connectivity index (χ0) is 8.85. The van der Waals surface area contributed by atoms with Crippen LogP contribution in [0.1, 0.15) is 20.8 Å². The molecule has 0 bridgehead atoms. The van der Waals surface area contributed by atoms with Crippen LogP contribution < -0.4 is 0 Å². The second kappa shape index (κ2) is 6.31. The molecule has 0 aliphatic heterocycles. The van der Waals surface area contributed by atoms with E-state index in [-0.39, 0.29) is 0 Å². The molecule has 0 spiro atoms. The molecule has 0 saturated heterocycles. The molecular formula is C8H11Cl2Ti. The summed E-state index contributed by atoms with van der Waals surface area (Å²) >= 11 is -0.556. The third-order valence-corrected chi connectivity index (χ3v) is 1.51. The first-order valence-corrected chi connectivity index (χ1v) is 7.58. The minimum atomic E-state index is -0.556. The molecule has 11 heavy (non-hydrogen) atoms. The van der Waals surface area contributed by atoms with Crippen molar-refractivity contribution >= 4 is 18.6 Å². The summed E-state index contributed by atoms with van der Waals surface area (Å²) in [7, 11) is 9.78. The maximum absolute atomic E-state index is 4.89. The maximum atomic E-state index is 4.89. The van der Waals surface area contributed by atoms with Crippen LogP contribution in [0.3, 0.4) is 0 Å². The second-order valence-corrected chi connectivity index (χ2v) is 5.05. The molecule has 1 rings (SSSR count). The summed E-state index contributed by atoms with van der Waals surface area (Å²) in [5, 5.41) is 0. The summed E-state index contributed by atoms with van der Waals surface area (Å²) in [6.45, 7) is 6.41. The van der Waals surface area contributed by atoms with Gasteiger partial charge in [-0.1, -0.05) is 30.2 Å². The molecule has 1 radical (unpaired) electrons. The van der Waals surface area contributed by atoms with E-state index in [2.05, 4.69) is 32.9 Å². The molecule has 0 heterocycles. The Morgan fingerprint density at radius 1 is 1.09 bits per heavy atom. The molecule has 0 unspecified atom stereocenters. The Hall–Kier alpha value is 0.774. The molecule has 0 N–H and O–H groups in total. The van der Waals surface area contributed by atoms with Crippen molar-refractivity contribution in [3.63, 3.8) is 0 Å².